The molecule has 0 heterocycles. The lowest BCUT2D eigenvalue weighted by atomic mass is 10.0. The zero-order valence-corrected chi connectivity index (χ0v) is 19.8. The molecule has 2 aromatic carbocycles. The van der Waals surface area contributed by atoms with Crippen molar-refractivity contribution in [1.82, 2.24) is 0 Å². The van der Waals surface area contributed by atoms with E-state index in [1.165, 1.54) is 0 Å². The first-order valence-corrected chi connectivity index (χ1v) is 12.8. The van der Waals surface area contributed by atoms with Crippen molar-refractivity contribution >= 4 is 24.0 Å². The molecule has 1 nitrogen and oxygen atoms in total. The van der Waals surface area contributed by atoms with Gasteiger partial charge in [-0.3, -0.25) is 0 Å². The van der Waals surface area contributed by atoms with Gasteiger partial charge in [-0.05, 0) is 52.0 Å². The highest BCUT2D eigenvalue weighted by atomic mass is 79.9. The van der Waals surface area contributed by atoms with Gasteiger partial charge in [0, 0.05) is 10.0 Å². The van der Waals surface area contributed by atoms with Gasteiger partial charge in [-0.1, -0.05) is 87.7 Å². The van der Waals surface area contributed by atoms with Crippen LogP contribution in [0, 0.1) is 11.5 Å². The molecule has 0 fully saturated rings. The molecule has 27 heavy (non-hydrogen) atoms. The minimum absolute atomic E-state index is 0.625. The minimum atomic E-state index is -1.72. The Morgan fingerprint density at radius 1 is 0.815 bits per heavy atom. The van der Waals surface area contributed by atoms with E-state index in [2.05, 4.69) is 68.9 Å². The maximum Gasteiger partial charge on any atom is 0.146 e. The summed E-state index contributed by atoms with van der Waals surface area (Å²) in [5.74, 6) is 3.47. The van der Waals surface area contributed by atoms with Gasteiger partial charge < -0.3 is 5.11 Å². The molecule has 0 spiro atoms. The first-order chi connectivity index (χ1) is 12.7. The summed E-state index contributed by atoms with van der Waals surface area (Å²) in [7, 11) is -1.72. The number of aliphatic hydroxyl groups is 1. The van der Waals surface area contributed by atoms with Crippen molar-refractivity contribution in [1.29, 1.82) is 0 Å². The highest BCUT2D eigenvalue weighted by molar-refractivity contribution is 9.10. The standard InChI is InChI=1S/C24H31BrOSi/c1-17(2)27(18(3)4,19(5)6)15-14-20-10-12-21(13-11-20)24(26)22-8-7-9-23(25)16-22/h7-13,16-19,24,26H,1-6H3/t24-/m0/s1. The Balaban J connectivity index is 2.29. The quantitative estimate of drug-likeness (QED) is 0.386. The van der Waals surface area contributed by atoms with Gasteiger partial charge in [0.05, 0.1) is 0 Å². The lowest BCUT2D eigenvalue weighted by Crippen LogP contribution is -2.43. The van der Waals surface area contributed by atoms with E-state index in [0.29, 0.717) is 16.6 Å². The van der Waals surface area contributed by atoms with Crippen LogP contribution < -0.4 is 0 Å². The van der Waals surface area contributed by atoms with E-state index in [4.69, 9.17) is 0 Å². The van der Waals surface area contributed by atoms with Crippen LogP contribution in [0.25, 0.3) is 0 Å². The monoisotopic (exact) mass is 442 g/mol. The van der Waals surface area contributed by atoms with Gasteiger partial charge in [-0.2, -0.15) is 0 Å². The van der Waals surface area contributed by atoms with Crippen LogP contribution >= 0.6 is 15.9 Å². The molecule has 144 valence electrons. The highest BCUT2D eigenvalue weighted by Crippen LogP contribution is 2.40. The predicted octanol–water partition coefficient (Wildman–Crippen LogP) is 7.10. The van der Waals surface area contributed by atoms with E-state index in [-0.39, 0.29) is 0 Å². The van der Waals surface area contributed by atoms with Crippen molar-refractivity contribution in [3.63, 3.8) is 0 Å². The third kappa shape index (κ3) is 4.93. The summed E-state index contributed by atoms with van der Waals surface area (Å²) >= 11 is 3.46. The second-order valence-corrected chi connectivity index (χ2v) is 14.7. The molecule has 0 saturated carbocycles. The Labute approximate surface area is 174 Å². The van der Waals surface area contributed by atoms with Crippen LogP contribution in [0.1, 0.15) is 64.3 Å². The molecule has 1 N–H and O–H groups in total. The van der Waals surface area contributed by atoms with E-state index in [0.717, 1.165) is 21.2 Å². The lowest BCUT2D eigenvalue weighted by molar-refractivity contribution is 0.220. The molecule has 1 atom stereocenters. The summed E-state index contributed by atoms with van der Waals surface area (Å²) in [6.07, 6.45) is -0.625. The first kappa shape index (κ1) is 22.0. The van der Waals surface area contributed by atoms with Crippen molar-refractivity contribution in [2.24, 2.45) is 0 Å². The summed E-state index contributed by atoms with van der Waals surface area (Å²) in [6, 6.07) is 15.8. The fourth-order valence-corrected chi connectivity index (χ4v) is 9.88. The Kier molecular flexibility index (Phi) is 7.51. The van der Waals surface area contributed by atoms with Crippen LogP contribution in [0.2, 0.25) is 16.6 Å². The van der Waals surface area contributed by atoms with Crippen molar-refractivity contribution in [2.45, 2.75) is 64.3 Å². The molecule has 0 bridgehead atoms. The Morgan fingerprint density at radius 3 is 1.85 bits per heavy atom. The SMILES string of the molecule is CC(C)[Si](C#Cc1ccc([C@H](O)c2cccc(Br)c2)cc1)(C(C)C)C(C)C. The normalized spacial score (nSPS) is 13.0. The average Bonchev–Trinajstić information content (AvgIpc) is 2.61. The Bertz CT molecular complexity index is 790. The van der Waals surface area contributed by atoms with Gasteiger partial charge in [0.15, 0.2) is 0 Å². The molecule has 0 aromatic heterocycles. The molecule has 0 unspecified atom stereocenters. The summed E-state index contributed by atoms with van der Waals surface area (Å²) < 4.78 is 0.971. The van der Waals surface area contributed by atoms with E-state index in [1.54, 1.807) is 0 Å². The number of aliphatic hydroxyl groups excluding tert-OH is 1. The van der Waals surface area contributed by atoms with Gasteiger partial charge in [0.2, 0.25) is 0 Å². The van der Waals surface area contributed by atoms with Gasteiger partial charge in [0.1, 0.15) is 14.2 Å². The Hall–Kier alpha value is -1.34. The predicted molar refractivity (Wildman–Crippen MR) is 123 cm³/mol. The first-order valence-electron chi connectivity index (χ1n) is 9.75. The largest absolute Gasteiger partial charge is 0.384 e. The lowest BCUT2D eigenvalue weighted by Gasteiger charge is -2.38. The summed E-state index contributed by atoms with van der Waals surface area (Å²) in [5.41, 5.74) is 8.44. The molecule has 2 rings (SSSR count). The topological polar surface area (TPSA) is 20.2 Å². The second-order valence-electron chi connectivity index (χ2n) is 8.23. The molecule has 0 radical (unpaired) electrons. The minimum Gasteiger partial charge on any atom is -0.384 e. The second kappa shape index (κ2) is 9.23. The van der Waals surface area contributed by atoms with Gasteiger partial charge >= 0.3 is 0 Å². The van der Waals surface area contributed by atoms with Crippen LogP contribution in [0.4, 0.5) is 0 Å². The zero-order valence-electron chi connectivity index (χ0n) is 17.3. The zero-order chi connectivity index (χ0) is 20.2. The fourth-order valence-electron chi connectivity index (χ4n) is 4.23. The summed E-state index contributed by atoms with van der Waals surface area (Å²) in [4.78, 5) is 0. The molecule has 0 saturated heterocycles. The smallest absolute Gasteiger partial charge is 0.146 e. The molecular formula is C24H31BrOSi. The maximum atomic E-state index is 10.6. The molecule has 3 heteroatoms. The van der Waals surface area contributed by atoms with Crippen molar-refractivity contribution in [3.05, 3.63) is 69.7 Å². The van der Waals surface area contributed by atoms with Crippen LogP contribution in [0.3, 0.4) is 0 Å². The fraction of sp³-hybridized carbons (Fsp3) is 0.417. The van der Waals surface area contributed by atoms with Gasteiger partial charge in [-0.15, -0.1) is 5.54 Å². The van der Waals surface area contributed by atoms with E-state index >= 15 is 0 Å². The maximum absolute atomic E-state index is 10.6. The van der Waals surface area contributed by atoms with E-state index in [1.807, 2.05) is 48.5 Å². The van der Waals surface area contributed by atoms with E-state index < -0.39 is 14.2 Å². The van der Waals surface area contributed by atoms with Gasteiger partial charge in [0.25, 0.3) is 0 Å². The highest BCUT2D eigenvalue weighted by Gasteiger charge is 2.41. The van der Waals surface area contributed by atoms with Crippen molar-refractivity contribution < 1.29 is 5.11 Å². The summed E-state index contributed by atoms with van der Waals surface area (Å²) in [5, 5.41) is 10.6. The molecule has 0 aliphatic heterocycles. The van der Waals surface area contributed by atoms with Crippen LogP contribution in [0.15, 0.2) is 53.0 Å². The number of hydrogen-bond donors (Lipinski definition) is 1. The average molecular weight is 444 g/mol. The molecular weight excluding hydrogens is 412 g/mol. The molecule has 2 aromatic rings. The molecule has 0 aliphatic rings. The van der Waals surface area contributed by atoms with Crippen LogP contribution in [0.5, 0.6) is 0 Å². The Morgan fingerprint density at radius 2 is 1.37 bits per heavy atom. The van der Waals surface area contributed by atoms with Crippen LogP contribution in [-0.4, -0.2) is 13.2 Å². The number of hydrogen-bond acceptors (Lipinski definition) is 1. The van der Waals surface area contributed by atoms with Crippen molar-refractivity contribution in [2.75, 3.05) is 0 Å². The molecule has 0 amide bonds. The van der Waals surface area contributed by atoms with E-state index in [9.17, 15) is 5.11 Å². The van der Waals surface area contributed by atoms with Crippen LogP contribution in [-0.2, 0) is 0 Å². The third-order valence-electron chi connectivity index (χ3n) is 5.68. The van der Waals surface area contributed by atoms with Crippen molar-refractivity contribution in [3.8, 4) is 11.5 Å². The number of rotatable bonds is 5. The number of benzene rings is 2. The third-order valence-corrected chi connectivity index (χ3v) is 12.5. The molecule has 0 aliphatic carbocycles. The number of halogens is 1. The van der Waals surface area contributed by atoms with Gasteiger partial charge in [-0.25, -0.2) is 0 Å². The summed E-state index contributed by atoms with van der Waals surface area (Å²) in [6.45, 7) is 14.0.